The van der Waals surface area contributed by atoms with E-state index in [1.807, 2.05) is 13.0 Å². The van der Waals surface area contributed by atoms with Crippen molar-refractivity contribution in [1.82, 2.24) is 4.90 Å². The Morgan fingerprint density at radius 2 is 2.27 bits per heavy atom. The molecule has 2 N–H and O–H groups in total. The van der Waals surface area contributed by atoms with Gasteiger partial charge in [-0.15, -0.1) is 0 Å². The molecule has 1 heterocycles. The summed E-state index contributed by atoms with van der Waals surface area (Å²) in [6.07, 6.45) is 0.752. The van der Waals surface area contributed by atoms with Crippen LogP contribution in [0, 0.1) is 11.7 Å². The largest absolute Gasteiger partial charge is 0.394 e. The Morgan fingerprint density at radius 1 is 1.55 bits per heavy atom. The van der Waals surface area contributed by atoms with E-state index in [9.17, 15) is 19.4 Å². The number of halogens is 1. The first-order valence-electron chi connectivity index (χ1n) is 7.68. The number of carbonyl (C=O) groups excluding carboxylic acids is 1. The van der Waals surface area contributed by atoms with Gasteiger partial charge in [0, 0.05) is 19.4 Å². The molecule has 1 fully saturated rings. The van der Waals surface area contributed by atoms with Crippen LogP contribution in [0.2, 0.25) is 0 Å². The number of aliphatic hydroxyl groups excluding tert-OH is 2. The minimum absolute atomic E-state index is 0.0648. The Hall–Kier alpha value is -1.46. The van der Waals surface area contributed by atoms with Gasteiger partial charge in [-0.05, 0) is 37.0 Å². The van der Waals surface area contributed by atoms with Crippen molar-refractivity contribution in [3.63, 3.8) is 0 Å². The molecule has 0 bridgehead atoms. The zero-order chi connectivity index (χ0) is 16.3. The van der Waals surface area contributed by atoms with Crippen LogP contribution in [0.4, 0.5) is 4.39 Å². The molecule has 1 saturated heterocycles. The normalized spacial score (nSPS) is 26.2. The highest BCUT2D eigenvalue weighted by Gasteiger charge is 2.43. The molecule has 1 aliphatic heterocycles. The number of rotatable bonds is 5. The van der Waals surface area contributed by atoms with Gasteiger partial charge in [0.05, 0.1) is 18.2 Å². The van der Waals surface area contributed by atoms with Crippen LogP contribution >= 0.6 is 0 Å². The van der Waals surface area contributed by atoms with Crippen molar-refractivity contribution in [3.05, 3.63) is 35.6 Å². The van der Waals surface area contributed by atoms with E-state index >= 15 is 0 Å². The van der Waals surface area contributed by atoms with Crippen molar-refractivity contribution in [2.75, 3.05) is 13.2 Å². The van der Waals surface area contributed by atoms with E-state index in [1.54, 1.807) is 17.9 Å². The molecule has 1 amide bonds. The van der Waals surface area contributed by atoms with Crippen molar-refractivity contribution in [1.29, 1.82) is 0 Å². The summed E-state index contributed by atoms with van der Waals surface area (Å²) in [5.74, 6) is -0.279. The topological polar surface area (TPSA) is 60.8 Å². The second-order valence-corrected chi connectivity index (χ2v) is 6.66. The van der Waals surface area contributed by atoms with E-state index in [-0.39, 0.29) is 30.8 Å². The standard InChI is InChI=1S/C17H24FNO3/c1-12(6-13-4-3-5-14(18)8-13)7-16(22)19-10-15(21)9-17(19,2)11-20/h3-5,8,12,15,20-21H,6-7,9-11H2,1-2H3. The number of aliphatic hydroxyl groups is 2. The fourth-order valence-electron chi connectivity index (χ4n) is 3.21. The molecule has 3 atom stereocenters. The fourth-order valence-corrected chi connectivity index (χ4v) is 3.21. The average Bonchev–Trinajstić information content (AvgIpc) is 2.74. The van der Waals surface area contributed by atoms with Gasteiger partial charge < -0.3 is 15.1 Å². The smallest absolute Gasteiger partial charge is 0.223 e. The third-order valence-electron chi connectivity index (χ3n) is 4.36. The molecule has 22 heavy (non-hydrogen) atoms. The van der Waals surface area contributed by atoms with E-state index in [0.717, 1.165) is 5.56 Å². The first-order chi connectivity index (χ1) is 10.3. The lowest BCUT2D eigenvalue weighted by atomic mass is 9.95. The van der Waals surface area contributed by atoms with Crippen LogP contribution in [0.1, 0.15) is 32.3 Å². The maximum absolute atomic E-state index is 13.2. The van der Waals surface area contributed by atoms with Gasteiger partial charge in [0.1, 0.15) is 5.82 Å². The summed E-state index contributed by atoms with van der Waals surface area (Å²) in [5, 5.41) is 19.3. The number of benzene rings is 1. The minimum atomic E-state index is -0.685. The molecule has 1 aromatic carbocycles. The lowest BCUT2D eigenvalue weighted by molar-refractivity contribution is -0.137. The molecular weight excluding hydrogens is 285 g/mol. The summed E-state index contributed by atoms with van der Waals surface area (Å²) in [6.45, 7) is 3.85. The van der Waals surface area contributed by atoms with E-state index in [4.69, 9.17) is 0 Å². The fraction of sp³-hybridized carbons (Fsp3) is 0.588. The predicted octanol–water partition coefficient (Wildman–Crippen LogP) is 1.74. The molecule has 1 aromatic rings. The Labute approximate surface area is 130 Å². The van der Waals surface area contributed by atoms with Crippen molar-refractivity contribution < 1.29 is 19.4 Å². The van der Waals surface area contributed by atoms with Gasteiger partial charge in [0.15, 0.2) is 0 Å². The Morgan fingerprint density at radius 3 is 2.91 bits per heavy atom. The van der Waals surface area contributed by atoms with Gasteiger partial charge in [-0.3, -0.25) is 4.79 Å². The minimum Gasteiger partial charge on any atom is -0.394 e. The van der Waals surface area contributed by atoms with Crippen LogP contribution in [0.5, 0.6) is 0 Å². The zero-order valence-electron chi connectivity index (χ0n) is 13.1. The molecule has 2 rings (SSSR count). The van der Waals surface area contributed by atoms with Crippen LogP contribution < -0.4 is 0 Å². The summed E-state index contributed by atoms with van der Waals surface area (Å²) >= 11 is 0. The average molecular weight is 309 g/mol. The Kier molecular flexibility index (Phi) is 5.19. The van der Waals surface area contributed by atoms with Crippen molar-refractivity contribution >= 4 is 5.91 Å². The summed E-state index contributed by atoms with van der Waals surface area (Å²) in [6, 6.07) is 6.40. The SMILES string of the molecule is CC(CC(=O)N1CC(O)CC1(C)CO)Cc1cccc(F)c1. The van der Waals surface area contributed by atoms with Crippen LogP contribution in [0.25, 0.3) is 0 Å². The van der Waals surface area contributed by atoms with Crippen LogP contribution in [-0.4, -0.2) is 45.8 Å². The second kappa shape index (κ2) is 6.75. The third-order valence-corrected chi connectivity index (χ3v) is 4.36. The quantitative estimate of drug-likeness (QED) is 0.871. The number of nitrogens with zero attached hydrogens (tertiary/aromatic N) is 1. The lowest BCUT2D eigenvalue weighted by Gasteiger charge is -2.34. The van der Waals surface area contributed by atoms with Gasteiger partial charge in [-0.2, -0.15) is 0 Å². The summed E-state index contributed by atoms with van der Waals surface area (Å²) in [4.78, 5) is 14.0. The summed E-state index contributed by atoms with van der Waals surface area (Å²) in [5.41, 5.74) is 0.182. The highest BCUT2D eigenvalue weighted by molar-refractivity contribution is 5.77. The zero-order valence-corrected chi connectivity index (χ0v) is 13.1. The molecule has 0 aliphatic carbocycles. The molecule has 0 aromatic heterocycles. The number of carbonyl (C=O) groups is 1. The van der Waals surface area contributed by atoms with E-state index in [0.29, 0.717) is 19.3 Å². The van der Waals surface area contributed by atoms with Crippen LogP contribution in [-0.2, 0) is 11.2 Å². The molecule has 0 radical (unpaired) electrons. The predicted molar refractivity (Wildman–Crippen MR) is 81.7 cm³/mol. The van der Waals surface area contributed by atoms with Gasteiger partial charge in [0.25, 0.3) is 0 Å². The Balaban J connectivity index is 1.96. The summed E-state index contributed by atoms with van der Waals surface area (Å²) < 4.78 is 13.2. The molecule has 4 nitrogen and oxygen atoms in total. The highest BCUT2D eigenvalue weighted by Crippen LogP contribution is 2.30. The third kappa shape index (κ3) is 3.84. The van der Waals surface area contributed by atoms with Crippen molar-refractivity contribution in [3.8, 4) is 0 Å². The van der Waals surface area contributed by atoms with Gasteiger partial charge >= 0.3 is 0 Å². The monoisotopic (exact) mass is 309 g/mol. The first kappa shape index (κ1) is 16.9. The highest BCUT2D eigenvalue weighted by atomic mass is 19.1. The number of hydrogen-bond acceptors (Lipinski definition) is 3. The molecule has 122 valence electrons. The van der Waals surface area contributed by atoms with Crippen molar-refractivity contribution in [2.24, 2.45) is 5.92 Å². The summed E-state index contributed by atoms with van der Waals surface area (Å²) in [7, 11) is 0. The first-order valence-corrected chi connectivity index (χ1v) is 7.68. The van der Waals surface area contributed by atoms with Gasteiger partial charge in [-0.1, -0.05) is 19.1 Å². The molecular formula is C17H24FNO3. The number of amides is 1. The van der Waals surface area contributed by atoms with Crippen LogP contribution in [0.15, 0.2) is 24.3 Å². The van der Waals surface area contributed by atoms with E-state index in [1.165, 1.54) is 12.1 Å². The second-order valence-electron chi connectivity index (χ2n) is 6.66. The Bertz CT molecular complexity index is 536. The number of hydrogen-bond donors (Lipinski definition) is 2. The maximum atomic E-state index is 13.2. The molecule has 0 saturated carbocycles. The lowest BCUT2D eigenvalue weighted by Crippen LogP contribution is -2.48. The van der Waals surface area contributed by atoms with Crippen molar-refractivity contribution in [2.45, 2.75) is 44.8 Å². The number of β-amino-alcohol motifs (C(OH)–C–C–N with tert-alkyl or cyclic N) is 1. The number of likely N-dealkylation sites (tertiary alicyclic amines) is 1. The molecule has 1 aliphatic rings. The van der Waals surface area contributed by atoms with E-state index < -0.39 is 11.6 Å². The van der Waals surface area contributed by atoms with Crippen LogP contribution in [0.3, 0.4) is 0 Å². The molecule has 3 unspecified atom stereocenters. The molecule has 0 spiro atoms. The van der Waals surface area contributed by atoms with Gasteiger partial charge in [0.2, 0.25) is 5.91 Å². The van der Waals surface area contributed by atoms with Gasteiger partial charge in [-0.25, -0.2) is 4.39 Å². The maximum Gasteiger partial charge on any atom is 0.223 e. The van der Waals surface area contributed by atoms with E-state index in [2.05, 4.69) is 0 Å². The molecule has 5 heteroatoms.